The van der Waals surface area contributed by atoms with E-state index in [0.717, 1.165) is 30.5 Å². The monoisotopic (exact) mass is 310 g/mol. The van der Waals surface area contributed by atoms with Crippen LogP contribution in [-0.2, 0) is 9.53 Å². The van der Waals surface area contributed by atoms with E-state index in [2.05, 4.69) is 34.6 Å². The van der Waals surface area contributed by atoms with Crippen molar-refractivity contribution in [3.05, 3.63) is 0 Å². The van der Waals surface area contributed by atoms with Gasteiger partial charge in [-0.25, -0.2) is 0 Å². The predicted octanol–water partition coefficient (Wildman–Crippen LogP) is 5.78. The number of carbonyl (C=O) groups is 1. The van der Waals surface area contributed by atoms with E-state index in [9.17, 15) is 4.79 Å². The smallest absolute Gasteiger partial charge is 0.151 e. The molecule has 1 rings (SSSR count). The Morgan fingerprint density at radius 1 is 0.909 bits per heavy atom. The molecule has 1 fully saturated rings. The largest absolute Gasteiger partial charge is 0.358 e. The molecule has 0 radical (unpaired) electrons. The summed E-state index contributed by atoms with van der Waals surface area (Å²) >= 11 is 0. The van der Waals surface area contributed by atoms with Gasteiger partial charge < -0.3 is 9.53 Å². The number of epoxide rings is 1. The van der Waals surface area contributed by atoms with Crippen LogP contribution in [0.4, 0.5) is 0 Å². The quantitative estimate of drug-likeness (QED) is 0.319. The molecule has 0 amide bonds. The molecule has 1 aliphatic heterocycles. The first-order chi connectivity index (χ1) is 10.4. The van der Waals surface area contributed by atoms with E-state index < -0.39 is 0 Å². The van der Waals surface area contributed by atoms with Gasteiger partial charge in [0.2, 0.25) is 0 Å². The summed E-state index contributed by atoms with van der Waals surface area (Å²) in [6.45, 7) is 11.5. The molecule has 0 bridgehead atoms. The molecule has 0 saturated carbocycles. The van der Waals surface area contributed by atoms with Crippen molar-refractivity contribution in [3.8, 4) is 0 Å². The molecule has 1 heterocycles. The highest BCUT2D eigenvalue weighted by Crippen LogP contribution is 2.39. The molecule has 0 aromatic carbocycles. The Morgan fingerprint density at radius 2 is 1.41 bits per heavy atom. The van der Waals surface area contributed by atoms with Crippen molar-refractivity contribution in [2.45, 2.75) is 104 Å². The molecule has 130 valence electrons. The molecule has 4 atom stereocenters. The average Bonchev–Trinajstić information content (AvgIpc) is 3.09. The van der Waals surface area contributed by atoms with Gasteiger partial charge in [-0.1, -0.05) is 79.1 Å². The number of ether oxygens (including phenoxy) is 1. The SMILES string of the molecule is CC(C)CCCC(C)CCCC(C)CCC[C@]1(C)OC1C=O. The second-order valence-corrected chi connectivity index (χ2v) is 8.35. The maximum Gasteiger partial charge on any atom is 0.151 e. The van der Waals surface area contributed by atoms with E-state index in [1.54, 1.807) is 0 Å². The van der Waals surface area contributed by atoms with Crippen molar-refractivity contribution >= 4 is 6.29 Å². The molecule has 22 heavy (non-hydrogen) atoms. The summed E-state index contributed by atoms with van der Waals surface area (Å²) in [5.74, 6) is 2.54. The van der Waals surface area contributed by atoms with Crippen LogP contribution in [0.2, 0.25) is 0 Å². The molecule has 0 aromatic rings. The van der Waals surface area contributed by atoms with Gasteiger partial charge >= 0.3 is 0 Å². The molecular formula is C20H38O2. The molecule has 1 saturated heterocycles. The Balaban J connectivity index is 1.97. The third-order valence-corrected chi connectivity index (χ3v) is 5.31. The first-order valence-corrected chi connectivity index (χ1v) is 9.50. The second kappa shape index (κ2) is 9.70. The second-order valence-electron chi connectivity index (χ2n) is 8.35. The van der Waals surface area contributed by atoms with Gasteiger partial charge in [0.05, 0.1) is 5.60 Å². The van der Waals surface area contributed by atoms with E-state index in [-0.39, 0.29) is 11.7 Å². The minimum absolute atomic E-state index is 0.130. The lowest BCUT2D eigenvalue weighted by atomic mass is 9.91. The number of hydrogen-bond acceptors (Lipinski definition) is 2. The average molecular weight is 311 g/mol. The topological polar surface area (TPSA) is 29.6 Å². The Kier molecular flexibility index (Phi) is 8.67. The fraction of sp³-hybridized carbons (Fsp3) is 0.950. The molecule has 0 aliphatic carbocycles. The zero-order valence-corrected chi connectivity index (χ0v) is 15.6. The van der Waals surface area contributed by atoms with Crippen LogP contribution in [0, 0.1) is 17.8 Å². The van der Waals surface area contributed by atoms with E-state index >= 15 is 0 Å². The van der Waals surface area contributed by atoms with Crippen molar-refractivity contribution in [2.24, 2.45) is 17.8 Å². The Hall–Kier alpha value is -0.370. The van der Waals surface area contributed by atoms with Gasteiger partial charge in [-0.2, -0.15) is 0 Å². The fourth-order valence-electron chi connectivity index (χ4n) is 3.41. The van der Waals surface area contributed by atoms with Crippen LogP contribution < -0.4 is 0 Å². The zero-order valence-electron chi connectivity index (χ0n) is 15.6. The Morgan fingerprint density at radius 3 is 1.86 bits per heavy atom. The number of hydrogen-bond donors (Lipinski definition) is 0. The molecule has 3 unspecified atom stereocenters. The summed E-state index contributed by atoms with van der Waals surface area (Å²) in [6, 6.07) is 0. The van der Waals surface area contributed by atoms with Crippen LogP contribution in [0.1, 0.15) is 92.4 Å². The van der Waals surface area contributed by atoms with Crippen LogP contribution >= 0.6 is 0 Å². The van der Waals surface area contributed by atoms with Crippen LogP contribution in [0.3, 0.4) is 0 Å². The van der Waals surface area contributed by atoms with Crippen molar-refractivity contribution in [2.75, 3.05) is 0 Å². The molecular weight excluding hydrogens is 272 g/mol. The van der Waals surface area contributed by atoms with E-state index in [0.29, 0.717) is 0 Å². The van der Waals surface area contributed by atoms with Gasteiger partial charge in [-0.15, -0.1) is 0 Å². The summed E-state index contributed by atoms with van der Waals surface area (Å²) in [5, 5.41) is 0. The predicted molar refractivity (Wildman–Crippen MR) is 94.1 cm³/mol. The van der Waals surface area contributed by atoms with Crippen molar-refractivity contribution in [1.29, 1.82) is 0 Å². The Labute approximate surface area is 138 Å². The Bertz CT molecular complexity index is 313. The van der Waals surface area contributed by atoms with Crippen molar-refractivity contribution in [1.82, 2.24) is 0 Å². The first kappa shape index (κ1) is 19.7. The summed E-state index contributed by atoms with van der Waals surface area (Å²) in [4.78, 5) is 10.7. The minimum Gasteiger partial charge on any atom is -0.358 e. The lowest BCUT2D eigenvalue weighted by Gasteiger charge is -2.15. The van der Waals surface area contributed by atoms with Crippen LogP contribution in [0.5, 0.6) is 0 Å². The minimum atomic E-state index is -0.133. The maximum absolute atomic E-state index is 10.7. The molecule has 0 aromatic heterocycles. The van der Waals surface area contributed by atoms with Crippen molar-refractivity contribution in [3.63, 3.8) is 0 Å². The van der Waals surface area contributed by atoms with Gasteiger partial charge in [0, 0.05) is 0 Å². The van der Waals surface area contributed by atoms with Gasteiger partial charge in [-0.05, 0) is 31.1 Å². The number of rotatable bonds is 13. The number of aldehydes is 1. The molecule has 1 aliphatic rings. The normalized spacial score (nSPS) is 26.9. The summed E-state index contributed by atoms with van der Waals surface area (Å²) in [6.07, 6.45) is 12.6. The number of carbonyl (C=O) groups excluding carboxylic acids is 1. The van der Waals surface area contributed by atoms with E-state index in [1.807, 2.05) is 0 Å². The summed E-state index contributed by atoms with van der Waals surface area (Å²) in [5.41, 5.74) is -0.133. The lowest BCUT2D eigenvalue weighted by molar-refractivity contribution is -0.108. The highest BCUT2D eigenvalue weighted by Gasteiger charge is 2.51. The fourth-order valence-corrected chi connectivity index (χ4v) is 3.41. The van der Waals surface area contributed by atoms with Gasteiger partial charge in [-0.3, -0.25) is 0 Å². The van der Waals surface area contributed by atoms with Crippen molar-refractivity contribution < 1.29 is 9.53 Å². The van der Waals surface area contributed by atoms with Crippen LogP contribution in [0.25, 0.3) is 0 Å². The molecule has 0 spiro atoms. The van der Waals surface area contributed by atoms with E-state index in [4.69, 9.17) is 4.74 Å². The summed E-state index contributed by atoms with van der Waals surface area (Å²) < 4.78 is 5.43. The molecule has 0 N–H and O–H groups in total. The molecule has 2 nitrogen and oxygen atoms in total. The van der Waals surface area contributed by atoms with Gasteiger partial charge in [0.1, 0.15) is 6.10 Å². The third kappa shape index (κ3) is 7.76. The third-order valence-electron chi connectivity index (χ3n) is 5.31. The first-order valence-electron chi connectivity index (χ1n) is 9.50. The maximum atomic E-state index is 10.7. The highest BCUT2D eigenvalue weighted by molar-refractivity contribution is 5.62. The van der Waals surface area contributed by atoms with Crippen LogP contribution in [0.15, 0.2) is 0 Å². The zero-order chi connectivity index (χ0) is 16.6. The highest BCUT2D eigenvalue weighted by atomic mass is 16.6. The van der Waals surface area contributed by atoms with Crippen LogP contribution in [-0.4, -0.2) is 18.0 Å². The standard InChI is InChI=1S/C20H38O2/c1-16(2)9-6-10-17(3)11-7-12-18(4)13-8-14-20(5)19(15-21)22-20/h15-19H,6-14H2,1-5H3/t17?,18?,19?,20-/m0/s1. The lowest BCUT2D eigenvalue weighted by Crippen LogP contribution is -2.11. The van der Waals surface area contributed by atoms with Gasteiger partial charge in [0.15, 0.2) is 6.29 Å². The van der Waals surface area contributed by atoms with E-state index in [1.165, 1.54) is 51.4 Å². The van der Waals surface area contributed by atoms with Gasteiger partial charge in [0.25, 0.3) is 0 Å². The summed E-state index contributed by atoms with van der Waals surface area (Å²) in [7, 11) is 0. The molecule has 2 heteroatoms.